The fourth-order valence-electron chi connectivity index (χ4n) is 3.62. The molecule has 1 N–H and O–H groups in total. The third-order valence-electron chi connectivity index (χ3n) is 5.31. The molecule has 3 heterocycles. The molecule has 8 nitrogen and oxygen atoms in total. The van der Waals surface area contributed by atoms with Crippen LogP contribution in [0.5, 0.6) is 0 Å². The summed E-state index contributed by atoms with van der Waals surface area (Å²) in [6, 6.07) is 2.21. The molecule has 2 aliphatic rings. The van der Waals surface area contributed by atoms with Crippen LogP contribution in [0.2, 0.25) is 0 Å². The highest BCUT2D eigenvalue weighted by Crippen LogP contribution is 2.26. The van der Waals surface area contributed by atoms with E-state index in [1.165, 1.54) is 31.9 Å². The number of anilines is 1. The van der Waals surface area contributed by atoms with Crippen molar-refractivity contribution >= 4 is 11.7 Å². The van der Waals surface area contributed by atoms with Gasteiger partial charge in [-0.15, -0.1) is 0 Å². The Balaban J connectivity index is 1.34. The van der Waals surface area contributed by atoms with Crippen molar-refractivity contribution in [2.75, 3.05) is 18.0 Å². The van der Waals surface area contributed by atoms with Gasteiger partial charge in [0.2, 0.25) is 5.91 Å². The third-order valence-corrected chi connectivity index (χ3v) is 5.31. The second-order valence-corrected chi connectivity index (χ2v) is 7.05. The van der Waals surface area contributed by atoms with Crippen molar-refractivity contribution in [3.63, 3.8) is 0 Å². The van der Waals surface area contributed by atoms with Crippen LogP contribution >= 0.6 is 0 Å². The Hall–Kier alpha value is -2.51. The highest BCUT2D eigenvalue weighted by atomic mass is 16.2. The van der Waals surface area contributed by atoms with Crippen molar-refractivity contribution in [2.45, 2.75) is 38.6 Å². The van der Waals surface area contributed by atoms with Gasteiger partial charge in [0, 0.05) is 25.2 Å². The lowest BCUT2D eigenvalue weighted by Gasteiger charge is -2.40. The number of nitrogens with zero attached hydrogens (tertiary/aromatic N) is 6. The molecule has 2 fully saturated rings. The standard InChI is InChI=1S/C17H23N7O/c1-12-4-2-3-5-14(12)22-17(25)13-7-23(8-13)15-6-16(20-10-19-15)24-11-18-9-21-24/h6,9-14H,2-5,7-8H2,1H3,(H,22,25). The fourth-order valence-corrected chi connectivity index (χ4v) is 3.62. The molecule has 0 aromatic carbocycles. The Morgan fingerprint density at radius 1 is 1.16 bits per heavy atom. The molecule has 0 spiro atoms. The zero-order valence-electron chi connectivity index (χ0n) is 14.4. The molecule has 25 heavy (non-hydrogen) atoms. The molecule has 0 radical (unpaired) electrons. The molecule has 2 unspecified atom stereocenters. The Kier molecular flexibility index (Phi) is 4.33. The van der Waals surface area contributed by atoms with Crippen LogP contribution in [0.25, 0.3) is 5.82 Å². The topological polar surface area (TPSA) is 88.8 Å². The minimum atomic E-state index is 0.0407. The number of carbonyl (C=O) groups is 1. The van der Waals surface area contributed by atoms with Gasteiger partial charge in [0.05, 0.1) is 5.92 Å². The molecule has 2 aromatic rings. The zero-order valence-corrected chi connectivity index (χ0v) is 14.4. The van der Waals surface area contributed by atoms with Crippen LogP contribution in [0.3, 0.4) is 0 Å². The second kappa shape index (κ2) is 6.78. The van der Waals surface area contributed by atoms with Crippen molar-refractivity contribution < 1.29 is 4.79 Å². The zero-order chi connectivity index (χ0) is 17.2. The molecule has 1 aliphatic carbocycles. The van der Waals surface area contributed by atoms with E-state index in [1.54, 1.807) is 11.0 Å². The first-order chi connectivity index (χ1) is 12.2. The van der Waals surface area contributed by atoms with Crippen molar-refractivity contribution in [3.8, 4) is 5.82 Å². The van der Waals surface area contributed by atoms with E-state index >= 15 is 0 Å². The van der Waals surface area contributed by atoms with Gasteiger partial charge in [-0.3, -0.25) is 4.79 Å². The molecule has 1 saturated carbocycles. The quantitative estimate of drug-likeness (QED) is 0.898. The van der Waals surface area contributed by atoms with Gasteiger partial charge in [0.1, 0.15) is 24.8 Å². The van der Waals surface area contributed by atoms with Gasteiger partial charge in [0.15, 0.2) is 5.82 Å². The summed E-state index contributed by atoms with van der Waals surface area (Å²) >= 11 is 0. The lowest BCUT2D eigenvalue weighted by Crippen LogP contribution is -2.56. The van der Waals surface area contributed by atoms with Gasteiger partial charge in [-0.05, 0) is 18.8 Å². The molecule has 2 aromatic heterocycles. The van der Waals surface area contributed by atoms with E-state index in [0.29, 0.717) is 30.9 Å². The minimum absolute atomic E-state index is 0.0407. The van der Waals surface area contributed by atoms with E-state index in [2.05, 4.69) is 37.2 Å². The average molecular weight is 341 g/mol. The number of nitrogens with one attached hydrogen (secondary N) is 1. The monoisotopic (exact) mass is 341 g/mol. The van der Waals surface area contributed by atoms with E-state index in [1.807, 2.05) is 6.07 Å². The lowest BCUT2D eigenvalue weighted by molar-refractivity contribution is -0.127. The van der Waals surface area contributed by atoms with Crippen LogP contribution in [-0.4, -0.2) is 49.8 Å². The average Bonchev–Trinajstić information content (AvgIpc) is 3.10. The molecule has 4 rings (SSSR count). The van der Waals surface area contributed by atoms with Gasteiger partial charge in [-0.25, -0.2) is 19.6 Å². The maximum Gasteiger partial charge on any atom is 0.226 e. The number of hydrogen-bond acceptors (Lipinski definition) is 6. The normalized spacial score (nSPS) is 24.0. The molecule has 2 atom stereocenters. The maximum absolute atomic E-state index is 12.5. The minimum Gasteiger partial charge on any atom is -0.355 e. The van der Waals surface area contributed by atoms with Crippen molar-refractivity contribution in [1.29, 1.82) is 0 Å². The molecule has 0 bridgehead atoms. The summed E-state index contributed by atoms with van der Waals surface area (Å²) in [5.41, 5.74) is 0. The van der Waals surface area contributed by atoms with E-state index in [9.17, 15) is 4.79 Å². The predicted molar refractivity (Wildman–Crippen MR) is 92.2 cm³/mol. The Labute approximate surface area is 146 Å². The van der Waals surface area contributed by atoms with Crippen molar-refractivity contribution in [3.05, 3.63) is 25.0 Å². The Bertz CT molecular complexity index is 726. The van der Waals surface area contributed by atoms with Crippen LogP contribution in [0.15, 0.2) is 25.0 Å². The van der Waals surface area contributed by atoms with Crippen LogP contribution in [0.1, 0.15) is 32.6 Å². The van der Waals surface area contributed by atoms with E-state index in [0.717, 1.165) is 12.2 Å². The molecule has 1 amide bonds. The van der Waals surface area contributed by atoms with Gasteiger partial charge in [-0.1, -0.05) is 19.8 Å². The van der Waals surface area contributed by atoms with Crippen LogP contribution < -0.4 is 10.2 Å². The number of amides is 1. The molecule has 132 valence electrons. The fraction of sp³-hybridized carbons (Fsp3) is 0.588. The highest BCUT2D eigenvalue weighted by Gasteiger charge is 2.35. The van der Waals surface area contributed by atoms with Crippen LogP contribution in [-0.2, 0) is 4.79 Å². The first-order valence-electron chi connectivity index (χ1n) is 8.93. The van der Waals surface area contributed by atoms with E-state index in [4.69, 9.17) is 0 Å². The van der Waals surface area contributed by atoms with Gasteiger partial charge in [-0.2, -0.15) is 5.10 Å². The van der Waals surface area contributed by atoms with Crippen LogP contribution in [0.4, 0.5) is 5.82 Å². The first-order valence-corrected chi connectivity index (χ1v) is 8.93. The Morgan fingerprint density at radius 3 is 2.72 bits per heavy atom. The van der Waals surface area contributed by atoms with Gasteiger partial charge < -0.3 is 10.2 Å². The maximum atomic E-state index is 12.5. The third kappa shape index (κ3) is 3.33. The summed E-state index contributed by atoms with van der Waals surface area (Å²) < 4.78 is 1.60. The predicted octanol–water partition coefficient (Wildman–Crippen LogP) is 1.19. The smallest absolute Gasteiger partial charge is 0.226 e. The molecular formula is C17H23N7O. The molecule has 8 heteroatoms. The second-order valence-electron chi connectivity index (χ2n) is 7.05. The summed E-state index contributed by atoms with van der Waals surface area (Å²) in [7, 11) is 0. The van der Waals surface area contributed by atoms with Crippen LogP contribution in [0, 0.1) is 11.8 Å². The molecule has 1 aliphatic heterocycles. The molecule has 1 saturated heterocycles. The molecular weight excluding hydrogens is 318 g/mol. The number of carbonyl (C=O) groups excluding carboxylic acids is 1. The number of hydrogen-bond donors (Lipinski definition) is 1. The summed E-state index contributed by atoms with van der Waals surface area (Å²) in [4.78, 5) is 27.0. The lowest BCUT2D eigenvalue weighted by atomic mass is 9.85. The van der Waals surface area contributed by atoms with Gasteiger partial charge >= 0.3 is 0 Å². The summed E-state index contributed by atoms with van der Waals surface area (Å²) in [6.45, 7) is 3.63. The summed E-state index contributed by atoms with van der Waals surface area (Å²) in [5.74, 6) is 2.29. The highest BCUT2D eigenvalue weighted by molar-refractivity contribution is 5.82. The number of aromatic nitrogens is 5. The summed E-state index contributed by atoms with van der Waals surface area (Å²) in [6.07, 6.45) is 9.42. The van der Waals surface area contributed by atoms with Crippen molar-refractivity contribution in [1.82, 2.24) is 30.0 Å². The van der Waals surface area contributed by atoms with E-state index in [-0.39, 0.29) is 11.8 Å². The van der Waals surface area contributed by atoms with Gasteiger partial charge in [0.25, 0.3) is 0 Å². The largest absolute Gasteiger partial charge is 0.355 e. The first kappa shape index (κ1) is 16.0. The van der Waals surface area contributed by atoms with E-state index < -0.39 is 0 Å². The SMILES string of the molecule is CC1CCCCC1NC(=O)C1CN(c2cc(-n3cncn3)ncn2)C1. The Morgan fingerprint density at radius 2 is 1.96 bits per heavy atom. The van der Waals surface area contributed by atoms with Crippen molar-refractivity contribution in [2.24, 2.45) is 11.8 Å². The summed E-state index contributed by atoms with van der Waals surface area (Å²) in [5, 5.41) is 7.33. The number of rotatable bonds is 4.